The van der Waals surface area contributed by atoms with Gasteiger partial charge in [0, 0.05) is 10.0 Å². The molecular formula is C20H16BrNO3. The predicted molar refractivity (Wildman–Crippen MR) is 102 cm³/mol. The number of methoxy groups -OCH3 is 2. The Morgan fingerprint density at radius 2 is 1.84 bits per heavy atom. The maximum Gasteiger partial charge on any atom is 0.161 e. The van der Waals surface area contributed by atoms with Crippen molar-refractivity contribution in [3.8, 4) is 35.7 Å². The van der Waals surface area contributed by atoms with Crippen LogP contribution in [0.25, 0.3) is 11.6 Å². The Morgan fingerprint density at radius 1 is 1.12 bits per heavy atom. The van der Waals surface area contributed by atoms with Crippen molar-refractivity contribution in [1.82, 2.24) is 0 Å². The summed E-state index contributed by atoms with van der Waals surface area (Å²) in [6.45, 7) is 0.153. The van der Waals surface area contributed by atoms with E-state index in [1.807, 2.05) is 12.1 Å². The molecule has 0 spiro atoms. The van der Waals surface area contributed by atoms with Crippen LogP contribution in [0.5, 0.6) is 17.2 Å². The minimum Gasteiger partial charge on any atom is -0.493 e. The Morgan fingerprint density at radius 3 is 2.48 bits per heavy atom. The van der Waals surface area contributed by atoms with E-state index in [0.717, 1.165) is 10.0 Å². The molecule has 0 atom stereocenters. The number of allylic oxidation sites excluding steroid dienone is 1. The second kappa shape index (κ2) is 8.82. The van der Waals surface area contributed by atoms with E-state index >= 15 is 0 Å². The molecule has 0 saturated heterocycles. The van der Waals surface area contributed by atoms with Gasteiger partial charge in [-0.3, -0.25) is 0 Å². The van der Waals surface area contributed by atoms with Crippen molar-refractivity contribution in [2.45, 2.75) is 0 Å². The Hall–Kier alpha value is -2.89. The van der Waals surface area contributed by atoms with Crippen molar-refractivity contribution in [1.29, 1.82) is 5.26 Å². The zero-order valence-corrected chi connectivity index (χ0v) is 15.5. The van der Waals surface area contributed by atoms with E-state index in [9.17, 15) is 5.26 Å². The van der Waals surface area contributed by atoms with Crippen LogP contribution in [0.2, 0.25) is 0 Å². The molecule has 2 aromatic carbocycles. The van der Waals surface area contributed by atoms with Gasteiger partial charge in [-0.25, -0.2) is 0 Å². The van der Waals surface area contributed by atoms with E-state index in [1.165, 1.54) is 0 Å². The zero-order valence-electron chi connectivity index (χ0n) is 13.9. The number of benzene rings is 2. The maximum atomic E-state index is 9.59. The molecule has 0 saturated carbocycles. The first-order chi connectivity index (χ1) is 12.1. The lowest BCUT2D eigenvalue weighted by molar-refractivity contribution is 0.355. The third kappa shape index (κ3) is 4.56. The van der Waals surface area contributed by atoms with Gasteiger partial charge in [-0.1, -0.05) is 21.9 Å². The summed E-state index contributed by atoms with van der Waals surface area (Å²) in [7, 11) is 3.12. The lowest BCUT2D eigenvalue weighted by Gasteiger charge is -2.10. The van der Waals surface area contributed by atoms with Gasteiger partial charge in [0.2, 0.25) is 0 Å². The molecule has 25 heavy (non-hydrogen) atoms. The van der Waals surface area contributed by atoms with Crippen molar-refractivity contribution in [3.05, 3.63) is 52.0 Å². The number of nitriles is 1. The van der Waals surface area contributed by atoms with E-state index in [4.69, 9.17) is 20.6 Å². The van der Waals surface area contributed by atoms with Crippen molar-refractivity contribution >= 4 is 27.6 Å². The maximum absolute atomic E-state index is 9.59. The molecule has 0 aliphatic carbocycles. The number of hydrogen-bond acceptors (Lipinski definition) is 4. The van der Waals surface area contributed by atoms with Gasteiger partial charge < -0.3 is 14.2 Å². The Labute approximate surface area is 155 Å². The number of nitrogens with zero attached hydrogens (tertiary/aromatic N) is 1. The van der Waals surface area contributed by atoms with E-state index in [2.05, 4.69) is 27.9 Å². The standard InChI is InChI=1S/C20H16BrNO3/c1-4-9-25-18-8-6-17(21)11-15(18)10-16(13-22)14-5-7-19(23-2)20(12-14)24-3/h1,5-8,10-12H,9H2,2-3H3/b16-10+. The molecule has 0 amide bonds. The highest BCUT2D eigenvalue weighted by Crippen LogP contribution is 2.32. The van der Waals surface area contributed by atoms with Gasteiger partial charge in [-0.15, -0.1) is 6.42 Å². The minimum absolute atomic E-state index is 0.153. The summed E-state index contributed by atoms with van der Waals surface area (Å²) in [6, 6.07) is 13.1. The fraction of sp³-hybridized carbons (Fsp3) is 0.150. The topological polar surface area (TPSA) is 51.5 Å². The molecular weight excluding hydrogens is 382 g/mol. The van der Waals surface area contributed by atoms with Crippen LogP contribution in [0, 0.1) is 23.7 Å². The molecule has 0 aliphatic heterocycles. The number of ether oxygens (including phenoxy) is 3. The smallest absolute Gasteiger partial charge is 0.161 e. The monoisotopic (exact) mass is 397 g/mol. The molecule has 2 rings (SSSR count). The average molecular weight is 398 g/mol. The highest BCUT2D eigenvalue weighted by atomic mass is 79.9. The van der Waals surface area contributed by atoms with Crippen LogP contribution in [0.4, 0.5) is 0 Å². The average Bonchev–Trinajstić information content (AvgIpc) is 2.64. The Balaban J connectivity index is 2.50. The molecule has 0 heterocycles. The SMILES string of the molecule is C#CCOc1ccc(Br)cc1/C=C(\C#N)c1ccc(OC)c(OC)c1. The van der Waals surface area contributed by atoms with Crippen LogP contribution in [-0.4, -0.2) is 20.8 Å². The Bertz CT molecular complexity index is 875. The first-order valence-corrected chi connectivity index (χ1v) is 8.12. The molecule has 0 bridgehead atoms. The van der Waals surface area contributed by atoms with Crippen LogP contribution in [0.3, 0.4) is 0 Å². The van der Waals surface area contributed by atoms with E-state index < -0.39 is 0 Å². The Kier molecular flexibility index (Phi) is 6.51. The third-order valence-electron chi connectivity index (χ3n) is 3.40. The lowest BCUT2D eigenvalue weighted by atomic mass is 10.0. The summed E-state index contributed by atoms with van der Waals surface area (Å²) >= 11 is 3.43. The van der Waals surface area contributed by atoms with Gasteiger partial charge in [0.15, 0.2) is 11.5 Å². The number of rotatable bonds is 6. The minimum atomic E-state index is 0.153. The molecule has 0 aliphatic rings. The molecule has 126 valence electrons. The second-order valence-electron chi connectivity index (χ2n) is 4.91. The summed E-state index contributed by atoms with van der Waals surface area (Å²) in [5, 5.41) is 9.59. The number of hydrogen-bond donors (Lipinski definition) is 0. The number of halogens is 1. The summed E-state index contributed by atoms with van der Waals surface area (Å²) in [4.78, 5) is 0. The predicted octanol–water partition coefficient (Wildman–Crippen LogP) is 4.54. The van der Waals surface area contributed by atoms with Gasteiger partial charge in [-0.2, -0.15) is 5.26 Å². The second-order valence-corrected chi connectivity index (χ2v) is 5.83. The summed E-state index contributed by atoms with van der Waals surface area (Å²) in [5.41, 5.74) is 1.92. The quantitative estimate of drug-likeness (QED) is 0.407. The van der Waals surface area contributed by atoms with Crippen LogP contribution < -0.4 is 14.2 Å². The molecule has 0 fully saturated rings. The van der Waals surface area contributed by atoms with Crippen molar-refractivity contribution in [3.63, 3.8) is 0 Å². The van der Waals surface area contributed by atoms with E-state index in [-0.39, 0.29) is 6.61 Å². The molecule has 5 heteroatoms. The summed E-state index contributed by atoms with van der Waals surface area (Å²) in [6.07, 6.45) is 7.00. The normalized spacial score (nSPS) is 10.5. The molecule has 0 radical (unpaired) electrons. The third-order valence-corrected chi connectivity index (χ3v) is 3.89. The van der Waals surface area contributed by atoms with Crippen LogP contribution in [0.1, 0.15) is 11.1 Å². The van der Waals surface area contributed by atoms with Crippen LogP contribution >= 0.6 is 15.9 Å². The van der Waals surface area contributed by atoms with Crippen molar-refractivity contribution in [2.24, 2.45) is 0 Å². The van der Waals surface area contributed by atoms with Crippen LogP contribution in [-0.2, 0) is 0 Å². The van der Waals surface area contributed by atoms with E-state index in [1.54, 1.807) is 44.6 Å². The highest BCUT2D eigenvalue weighted by molar-refractivity contribution is 9.10. The fourth-order valence-electron chi connectivity index (χ4n) is 2.22. The lowest BCUT2D eigenvalue weighted by Crippen LogP contribution is -1.96. The van der Waals surface area contributed by atoms with Gasteiger partial charge >= 0.3 is 0 Å². The highest BCUT2D eigenvalue weighted by Gasteiger charge is 2.10. The first kappa shape index (κ1) is 18.4. The first-order valence-electron chi connectivity index (χ1n) is 7.33. The van der Waals surface area contributed by atoms with Crippen LogP contribution in [0.15, 0.2) is 40.9 Å². The zero-order chi connectivity index (χ0) is 18.2. The largest absolute Gasteiger partial charge is 0.493 e. The summed E-state index contributed by atoms with van der Waals surface area (Å²) < 4.78 is 17.0. The molecule has 0 N–H and O–H groups in total. The molecule has 2 aromatic rings. The fourth-order valence-corrected chi connectivity index (χ4v) is 2.60. The van der Waals surface area contributed by atoms with E-state index in [0.29, 0.717) is 28.4 Å². The van der Waals surface area contributed by atoms with Gasteiger partial charge in [-0.05, 0) is 48.0 Å². The summed E-state index contributed by atoms with van der Waals surface area (Å²) in [5.74, 6) is 4.20. The molecule has 0 unspecified atom stereocenters. The van der Waals surface area contributed by atoms with Gasteiger partial charge in [0.05, 0.1) is 25.9 Å². The van der Waals surface area contributed by atoms with Crippen molar-refractivity contribution < 1.29 is 14.2 Å². The van der Waals surface area contributed by atoms with Gasteiger partial charge in [0.25, 0.3) is 0 Å². The molecule has 4 nitrogen and oxygen atoms in total. The van der Waals surface area contributed by atoms with Gasteiger partial charge in [0.1, 0.15) is 12.4 Å². The molecule has 0 aromatic heterocycles. The number of terminal acetylenes is 1. The van der Waals surface area contributed by atoms with Crippen molar-refractivity contribution in [2.75, 3.05) is 20.8 Å².